The maximum absolute atomic E-state index is 12.1. The molecule has 0 aliphatic carbocycles. The van der Waals surface area contributed by atoms with Crippen molar-refractivity contribution >= 4 is 33.0 Å². The van der Waals surface area contributed by atoms with Crippen molar-refractivity contribution in [2.24, 2.45) is 0 Å². The van der Waals surface area contributed by atoms with Gasteiger partial charge in [-0.15, -0.1) is 11.3 Å². The Kier molecular flexibility index (Phi) is 3.96. The fourth-order valence-electron chi connectivity index (χ4n) is 1.44. The zero-order valence-electron chi connectivity index (χ0n) is 10.4. The zero-order chi connectivity index (χ0) is 14.8. The third-order valence-corrected chi connectivity index (χ3v) is 5.35. The van der Waals surface area contributed by atoms with E-state index < -0.39 is 16.0 Å². The number of carboxylic acids is 1. The van der Waals surface area contributed by atoms with E-state index >= 15 is 0 Å². The number of thiophene rings is 1. The van der Waals surface area contributed by atoms with Crippen LogP contribution in [-0.2, 0) is 10.0 Å². The number of ether oxygens (including phenoxy) is 1. The number of sulfonamides is 1. The van der Waals surface area contributed by atoms with Crippen molar-refractivity contribution in [3.8, 4) is 5.75 Å². The fraction of sp³-hybridized carbons (Fsp3) is 0.0833. The van der Waals surface area contributed by atoms with Crippen LogP contribution in [0.15, 0.2) is 40.6 Å². The van der Waals surface area contributed by atoms with E-state index in [1.807, 2.05) is 0 Å². The van der Waals surface area contributed by atoms with Crippen LogP contribution in [0.3, 0.4) is 0 Å². The topological polar surface area (TPSA) is 92.7 Å². The molecule has 106 valence electrons. The van der Waals surface area contributed by atoms with E-state index in [1.165, 1.54) is 19.2 Å². The second kappa shape index (κ2) is 5.51. The first-order valence-corrected chi connectivity index (χ1v) is 7.72. The fourth-order valence-corrected chi connectivity index (χ4v) is 3.65. The van der Waals surface area contributed by atoms with Gasteiger partial charge in [-0.25, -0.2) is 13.2 Å². The van der Waals surface area contributed by atoms with Gasteiger partial charge in [-0.3, -0.25) is 4.72 Å². The molecular weight excluding hydrogens is 302 g/mol. The molecule has 0 fully saturated rings. The number of anilines is 1. The minimum absolute atomic E-state index is 0.0277. The minimum atomic E-state index is -3.78. The summed E-state index contributed by atoms with van der Waals surface area (Å²) in [6, 6.07) is 8.88. The molecule has 1 heterocycles. The lowest BCUT2D eigenvalue weighted by Crippen LogP contribution is -2.11. The van der Waals surface area contributed by atoms with Gasteiger partial charge < -0.3 is 9.84 Å². The van der Waals surface area contributed by atoms with Crippen LogP contribution in [0.2, 0.25) is 0 Å². The van der Waals surface area contributed by atoms with Gasteiger partial charge in [-0.05, 0) is 36.4 Å². The van der Waals surface area contributed by atoms with Crippen LogP contribution in [0.25, 0.3) is 0 Å². The lowest BCUT2D eigenvalue weighted by atomic mass is 10.3. The SMILES string of the molecule is COc1ccc(NS(=O)(=O)c2ccc(C(=O)O)s2)cc1. The summed E-state index contributed by atoms with van der Waals surface area (Å²) in [6.07, 6.45) is 0. The number of hydrogen-bond acceptors (Lipinski definition) is 5. The van der Waals surface area contributed by atoms with Gasteiger partial charge >= 0.3 is 5.97 Å². The van der Waals surface area contributed by atoms with Gasteiger partial charge in [0.05, 0.1) is 7.11 Å². The van der Waals surface area contributed by atoms with Gasteiger partial charge in [0.1, 0.15) is 14.8 Å². The van der Waals surface area contributed by atoms with Crippen LogP contribution in [-0.4, -0.2) is 26.6 Å². The van der Waals surface area contributed by atoms with Crippen LogP contribution in [0.5, 0.6) is 5.75 Å². The van der Waals surface area contributed by atoms with Gasteiger partial charge in [0, 0.05) is 5.69 Å². The molecular formula is C12H11NO5S2. The van der Waals surface area contributed by atoms with Crippen molar-refractivity contribution < 1.29 is 23.1 Å². The van der Waals surface area contributed by atoms with E-state index in [0.717, 1.165) is 0 Å². The highest BCUT2D eigenvalue weighted by atomic mass is 32.2. The summed E-state index contributed by atoms with van der Waals surface area (Å²) in [5.74, 6) is -0.543. The maximum atomic E-state index is 12.1. The van der Waals surface area contributed by atoms with Crippen molar-refractivity contribution in [2.45, 2.75) is 4.21 Å². The summed E-state index contributed by atoms with van der Waals surface area (Å²) < 4.78 is 31.4. The number of methoxy groups -OCH3 is 1. The molecule has 0 saturated heterocycles. The van der Waals surface area contributed by atoms with Gasteiger partial charge in [-0.1, -0.05) is 0 Å². The van der Waals surface area contributed by atoms with E-state index in [9.17, 15) is 13.2 Å². The quantitative estimate of drug-likeness (QED) is 0.883. The van der Waals surface area contributed by atoms with Crippen molar-refractivity contribution in [3.63, 3.8) is 0 Å². The first-order chi connectivity index (χ1) is 9.42. The average molecular weight is 313 g/mol. The Labute approximate surface area is 119 Å². The summed E-state index contributed by atoms with van der Waals surface area (Å²) in [5, 5.41) is 8.79. The highest BCUT2D eigenvalue weighted by Gasteiger charge is 2.19. The number of carbonyl (C=O) groups is 1. The number of aromatic carboxylic acids is 1. The lowest BCUT2D eigenvalue weighted by Gasteiger charge is -2.06. The van der Waals surface area contributed by atoms with Crippen molar-refractivity contribution in [1.82, 2.24) is 0 Å². The predicted molar refractivity (Wildman–Crippen MR) is 75.1 cm³/mol. The van der Waals surface area contributed by atoms with Gasteiger partial charge in [0.15, 0.2) is 0 Å². The molecule has 0 aliphatic heterocycles. The largest absolute Gasteiger partial charge is 0.497 e. The summed E-state index contributed by atoms with van der Waals surface area (Å²) in [6.45, 7) is 0. The molecule has 2 rings (SSSR count). The van der Waals surface area contributed by atoms with Crippen LogP contribution < -0.4 is 9.46 Å². The van der Waals surface area contributed by atoms with Gasteiger partial charge in [0.2, 0.25) is 0 Å². The van der Waals surface area contributed by atoms with Crippen molar-refractivity contribution in [1.29, 1.82) is 0 Å². The minimum Gasteiger partial charge on any atom is -0.497 e. The average Bonchev–Trinajstić information content (AvgIpc) is 2.90. The Morgan fingerprint density at radius 1 is 1.20 bits per heavy atom. The molecule has 2 N–H and O–H groups in total. The molecule has 6 nitrogen and oxygen atoms in total. The van der Waals surface area contributed by atoms with E-state index in [4.69, 9.17) is 9.84 Å². The molecule has 1 aromatic carbocycles. The first kappa shape index (κ1) is 14.4. The highest BCUT2D eigenvalue weighted by Crippen LogP contribution is 2.24. The Balaban J connectivity index is 2.23. The monoisotopic (exact) mass is 313 g/mol. The third kappa shape index (κ3) is 3.09. The number of carboxylic acid groups (broad SMARTS) is 1. The second-order valence-electron chi connectivity index (χ2n) is 3.76. The lowest BCUT2D eigenvalue weighted by molar-refractivity contribution is 0.0702. The Morgan fingerprint density at radius 2 is 1.85 bits per heavy atom. The molecule has 0 bridgehead atoms. The number of nitrogens with one attached hydrogen (secondary N) is 1. The normalized spacial score (nSPS) is 11.1. The molecule has 2 aromatic rings. The van der Waals surface area contributed by atoms with E-state index in [2.05, 4.69) is 4.72 Å². The summed E-state index contributed by atoms with van der Waals surface area (Å²) in [7, 11) is -2.27. The first-order valence-electron chi connectivity index (χ1n) is 5.42. The summed E-state index contributed by atoms with van der Waals surface area (Å²) >= 11 is 0.700. The Hall–Kier alpha value is -2.06. The standard InChI is InChI=1S/C12H11NO5S2/c1-18-9-4-2-8(3-5-9)13-20(16,17)11-7-6-10(19-11)12(14)15/h2-7,13H,1H3,(H,14,15). The van der Waals surface area contributed by atoms with Crippen LogP contribution in [0.1, 0.15) is 9.67 Å². The number of benzene rings is 1. The molecule has 20 heavy (non-hydrogen) atoms. The molecule has 0 unspecified atom stereocenters. The number of hydrogen-bond donors (Lipinski definition) is 2. The molecule has 0 saturated carbocycles. The van der Waals surface area contributed by atoms with Crippen molar-refractivity contribution in [2.75, 3.05) is 11.8 Å². The Morgan fingerprint density at radius 3 is 2.35 bits per heavy atom. The van der Waals surface area contributed by atoms with E-state index in [0.29, 0.717) is 22.8 Å². The van der Waals surface area contributed by atoms with Gasteiger partial charge in [-0.2, -0.15) is 0 Å². The molecule has 0 atom stereocenters. The molecule has 1 aromatic heterocycles. The summed E-state index contributed by atoms with van der Waals surface area (Å²) in [5.41, 5.74) is 0.371. The van der Waals surface area contributed by atoms with Gasteiger partial charge in [0.25, 0.3) is 10.0 Å². The smallest absolute Gasteiger partial charge is 0.345 e. The second-order valence-corrected chi connectivity index (χ2v) is 6.75. The van der Waals surface area contributed by atoms with Crippen LogP contribution >= 0.6 is 11.3 Å². The third-order valence-electron chi connectivity index (χ3n) is 2.40. The molecule has 0 aliphatic rings. The summed E-state index contributed by atoms with van der Waals surface area (Å²) in [4.78, 5) is 10.7. The number of rotatable bonds is 5. The highest BCUT2D eigenvalue weighted by molar-refractivity contribution is 7.94. The molecule has 0 amide bonds. The molecule has 0 spiro atoms. The van der Waals surface area contributed by atoms with Crippen LogP contribution in [0, 0.1) is 0 Å². The van der Waals surface area contributed by atoms with Crippen molar-refractivity contribution in [3.05, 3.63) is 41.3 Å². The molecule has 0 radical (unpaired) electrons. The van der Waals surface area contributed by atoms with E-state index in [-0.39, 0.29) is 9.09 Å². The molecule has 8 heteroatoms. The predicted octanol–water partition coefficient (Wildman–Crippen LogP) is 2.26. The maximum Gasteiger partial charge on any atom is 0.345 e. The zero-order valence-corrected chi connectivity index (χ0v) is 12.0. The van der Waals surface area contributed by atoms with E-state index in [1.54, 1.807) is 24.3 Å². The van der Waals surface area contributed by atoms with Crippen LogP contribution in [0.4, 0.5) is 5.69 Å². The Bertz CT molecular complexity index is 719.